The molecular weight excluding hydrogens is 444 g/mol. The van der Waals surface area contributed by atoms with Gasteiger partial charge in [-0.15, -0.1) is 10.2 Å². The number of nitrogens with zero attached hydrogens (tertiary/aromatic N) is 6. The van der Waals surface area contributed by atoms with Crippen molar-refractivity contribution in [2.75, 3.05) is 31.1 Å². The Labute approximate surface area is 200 Å². The monoisotopic (exact) mass is 466 g/mol. The van der Waals surface area contributed by atoms with Crippen molar-refractivity contribution in [3.8, 4) is 0 Å². The SMILES string of the molecule is Cc1nnc2c(N3CCN(C(=O)c4ccco4)CC3)nc3ccc(C(=O)c4ccccc4)cc3n12. The number of fused-ring (bicyclic) bond motifs is 3. The van der Waals surface area contributed by atoms with E-state index in [1.165, 1.54) is 6.26 Å². The van der Waals surface area contributed by atoms with Crippen LogP contribution in [0.15, 0.2) is 71.3 Å². The number of ketones is 1. The number of carbonyl (C=O) groups is 2. The van der Waals surface area contributed by atoms with Crippen molar-refractivity contribution in [2.45, 2.75) is 6.92 Å². The molecule has 9 heteroatoms. The molecule has 9 nitrogen and oxygen atoms in total. The number of hydrogen-bond donors (Lipinski definition) is 0. The molecule has 0 N–H and O–H groups in total. The molecule has 0 bridgehead atoms. The van der Waals surface area contributed by atoms with E-state index in [0.29, 0.717) is 60.4 Å². The van der Waals surface area contributed by atoms with Crippen LogP contribution in [0.2, 0.25) is 0 Å². The third kappa shape index (κ3) is 3.61. The highest BCUT2D eigenvalue weighted by Gasteiger charge is 2.27. The van der Waals surface area contributed by atoms with Crippen molar-refractivity contribution in [3.63, 3.8) is 0 Å². The molecule has 0 aliphatic carbocycles. The van der Waals surface area contributed by atoms with Gasteiger partial charge in [-0.25, -0.2) is 4.98 Å². The fourth-order valence-electron chi connectivity index (χ4n) is 4.54. The van der Waals surface area contributed by atoms with E-state index in [9.17, 15) is 9.59 Å². The molecule has 35 heavy (non-hydrogen) atoms. The fraction of sp³-hybridized carbons (Fsp3) is 0.192. The highest BCUT2D eigenvalue weighted by Crippen LogP contribution is 2.27. The fourth-order valence-corrected chi connectivity index (χ4v) is 4.54. The van der Waals surface area contributed by atoms with E-state index in [4.69, 9.17) is 9.40 Å². The molecule has 1 fully saturated rings. The lowest BCUT2D eigenvalue weighted by Gasteiger charge is -2.35. The van der Waals surface area contributed by atoms with Crippen LogP contribution in [0.25, 0.3) is 16.7 Å². The van der Waals surface area contributed by atoms with E-state index in [1.807, 2.05) is 53.8 Å². The molecule has 6 rings (SSSR count). The Balaban J connectivity index is 1.34. The minimum absolute atomic E-state index is 0.0483. The zero-order chi connectivity index (χ0) is 23.9. The largest absolute Gasteiger partial charge is 0.459 e. The van der Waals surface area contributed by atoms with Gasteiger partial charge < -0.3 is 14.2 Å². The highest BCUT2D eigenvalue weighted by molar-refractivity contribution is 6.10. The van der Waals surface area contributed by atoms with Crippen molar-refractivity contribution in [1.29, 1.82) is 0 Å². The Kier molecular flexibility index (Phi) is 5.02. The van der Waals surface area contributed by atoms with Gasteiger partial charge in [0, 0.05) is 37.3 Å². The quantitative estimate of drug-likeness (QED) is 0.375. The standard InChI is InChI=1S/C26H22N6O3/c1-17-28-29-25-24(30-11-13-31(14-12-30)26(34)22-8-5-15-35-22)27-20-10-9-19(16-21(20)32(17)25)23(33)18-6-3-2-4-7-18/h2-10,15-16H,11-14H2,1H3. The van der Waals surface area contributed by atoms with Crippen LogP contribution in [0.3, 0.4) is 0 Å². The van der Waals surface area contributed by atoms with Gasteiger partial charge in [-0.2, -0.15) is 0 Å². The van der Waals surface area contributed by atoms with Crippen LogP contribution >= 0.6 is 0 Å². The maximum atomic E-state index is 13.0. The Morgan fingerprint density at radius 2 is 1.69 bits per heavy atom. The first-order valence-corrected chi connectivity index (χ1v) is 11.4. The molecule has 4 heterocycles. The molecule has 1 aliphatic heterocycles. The zero-order valence-electron chi connectivity index (χ0n) is 19.1. The third-order valence-electron chi connectivity index (χ3n) is 6.36. The summed E-state index contributed by atoms with van der Waals surface area (Å²) in [6.45, 7) is 4.19. The van der Waals surface area contributed by atoms with E-state index in [-0.39, 0.29) is 11.7 Å². The van der Waals surface area contributed by atoms with Gasteiger partial charge in [0.2, 0.25) is 5.65 Å². The van der Waals surface area contributed by atoms with Crippen molar-refractivity contribution >= 4 is 34.2 Å². The van der Waals surface area contributed by atoms with Gasteiger partial charge in [-0.3, -0.25) is 14.0 Å². The van der Waals surface area contributed by atoms with Crippen molar-refractivity contribution in [3.05, 3.63) is 89.6 Å². The molecule has 2 aromatic carbocycles. The first-order valence-electron chi connectivity index (χ1n) is 11.4. The van der Waals surface area contributed by atoms with Gasteiger partial charge in [-0.1, -0.05) is 30.3 Å². The van der Waals surface area contributed by atoms with E-state index in [2.05, 4.69) is 15.1 Å². The lowest BCUT2D eigenvalue weighted by atomic mass is 10.0. The number of aromatic nitrogens is 4. The molecule has 1 aliphatic rings. The molecule has 1 amide bonds. The summed E-state index contributed by atoms with van der Waals surface area (Å²) in [5.74, 6) is 1.61. The smallest absolute Gasteiger partial charge is 0.289 e. The number of amides is 1. The van der Waals surface area contributed by atoms with Gasteiger partial charge in [-0.05, 0) is 37.3 Å². The average molecular weight is 467 g/mol. The highest BCUT2D eigenvalue weighted by atomic mass is 16.3. The molecule has 0 spiro atoms. The summed E-state index contributed by atoms with van der Waals surface area (Å²) in [7, 11) is 0. The summed E-state index contributed by atoms with van der Waals surface area (Å²) in [5.41, 5.74) is 3.37. The second-order valence-corrected chi connectivity index (χ2v) is 8.50. The Morgan fingerprint density at radius 3 is 2.43 bits per heavy atom. The van der Waals surface area contributed by atoms with Gasteiger partial charge in [0.05, 0.1) is 17.3 Å². The van der Waals surface area contributed by atoms with Gasteiger partial charge in [0.25, 0.3) is 5.91 Å². The number of piperazine rings is 1. The predicted molar refractivity (Wildman–Crippen MR) is 130 cm³/mol. The summed E-state index contributed by atoms with van der Waals surface area (Å²) < 4.78 is 7.20. The Morgan fingerprint density at radius 1 is 0.886 bits per heavy atom. The van der Waals surface area contributed by atoms with Crippen LogP contribution in [0.5, 0.6) is 0 Å². The summed E-state index contributed by atoms with van der Waals surface area (Å²) in [6.07, 6.45) is 1.51. The van der Waals surface area contributed by atoms with Crippen LogP contribution in [0.4, 0.5) is 5.82 Å². The van der Waals surface area contributed by atoms with Crippen LogP contribution < -0.4 is 4.90 Å². The summed E-state index contributed by atoms with van der Waals surface area (Å²) in [5, 5.41) is 8.69. The predicted octanol–water partition coefficient (Wildman–Crippen LogP) is 3.37. The molecule has 0 radical (unpaired) electrons. The minimum Gasteiger partial charge on any atom is -0.459 e. The topological polar surface area (TPSA) is 96.8 Å². The summed E-state index contributed by atoms with van der Waals surface area (Å²) >= 11 is 0. The van der Waals surface area contributed by atoms with E-state index in [0.717, 1.165) is 11.0 Å². The Bertz CT molecular complexity index is 1550. The number of furan rings is 1. The first-order chi connectivity index (χ1) is 17.1. The molecule has 0 saturated carbocycles. The summed E-state index contributed by atoms with van der Waals surface area (Å²) in [6, 6.07) is 18.1. The Hall–Kier alpha value is -4.53. The average Bonchev–Trinajstić information content (AvgIpc) is 3.58. The molecule has 5 aromatic rings. The second-order valence-electron chi connectivity index (χ2n) is 8.50. The maximum Gasteiger partial charge on any atom is 0.289 e. The van der Waals surface area contributed by atoms with Crippen LogP contribution in [0.1, 0.15) is 32.3 Å². The number of benzene rings is 2. The summed E-state index contributed by atoms with van der Waals surface area (Å²) in [4.78, 5) is 34.5. The van der Waals surface area contributed by atoms with Crippen molar-refractivity contribution in [1.82, 2.24) is 24.5 Å². The van der Waals surface area contributed by atoms with E-state index in [1.54, 1.807) is 23.1 Å². The first kappa shape index (κ1) is 21.0. The van der Waals surface area contributed by atoms with Gasteiger partial charge >= 0.3 is 0 Å². The molecule has 1 saturated heterocycles. The minimum atomic E-state index is -0.111. The third-order valence-corrected chi connectivity index (χ3v) is 6.36. The zero-order valence-corrected chi connectivity index (χ0v) is 19.1. The van der Waals surface area contributed by atoms with Crippen LogP contribution in [-0.4, -0.2) is 62.4 Å². The van der Waals surface area contributed by atoms with Crippen molar-refractivity contribution in [2.24, 2.45) is 0 Å². The molecule has 0 atom stereocenters. The maximum absolute atomic E-state index is 13.0. The molecule has 174 valence electrons. The van der Waals surface area contributed by atoms with Gasteiger partial charge in [0.15, 0.2) is 17.4 Å². The molecular formula is C26H22N6O3. The second kappa shape index (κ2) is 8.35. The number of rotatable bonds is 4. The lowest BCUT2D eigenvalue weighted by molar-refractivity contribution is 0.0714. The normalized spacial score (nSPS) is 14.1. The number of anilines is 1. The molecule has 3 aromatic heterocycles. The number of carbonyl (C=O) groups excluding carboxylic acids is 2. The van der Waals surface area contributed by atoms with E-state index >= 15 is 0 Å². The van der Waals surface area contributed by atoms with Crippen LogP contribution in [0, 0.1) is 6.92 Å². The lowest BCUT2D eigenvalue weighted by Crippen LogP contribution is -2.49. The molecule has 0 unspecified atom stereocenters. The number of aryl methyl sites for hydroxylation is 1. The number of hydrogen-bond acceptors (Lipinski definition) is 7. The van der Waals surface area contributed by atoms with Gasteiger partial charge in [0.1, 0.15) is 5.82 Å². The van der Waals surface area contributed by atoms with Crippen LogP contribution in [-0.2, 0) is 0 Å². The van der Waals surface area contributed by atoms with Crippen molar-refractivity contribution < 1.29 is 14.0 Å². The van der Waals surface area contributed by atoms with E-state index < -0.39 is 0 Å².